The zero-order valence-electron chi connectivity index (χ0n) is 11.6. The van der Waals surface area contributed by atoms with Crippen molar-refractivity contribution in [3.63, 3.8) is 0 Å². The van der Waals surface area contributed by atoms with Crippen molar-refractivity contribution in [3.8, 4) is 0 Å². The van der Waals surface area contributed by atoms with Gasteiger partial charge in [0, 0.05) is 10.5 Å². The zero-order valence-corrected chi connectivity index (χ0v) is 12.4. The van der Waals surface area contributed by atoms with Gasteiger partial charge in [0.25, 0.3) is 0 Å². The second-order valence-corrected chi connectivity index (χ2v) is 5.81. The van der Waals surface area contributed by atoms with Gasteiger partial charge in [-0.15, -0.1) is 11.8 Å². The lowest BCUT2D eigenvalue weighted by atomic mass is 10.1. The largest absolute Gasteiger partial charge is 0.293 e. The molecule has 2 aromatic carbocycles. The number of Topliss-reactive ketones (excluding diaryl/α,β-unsaturated/α-hetero) is 1. The van der Waals surface area contributed by atoms with E-state index in [2.05, 4.69) is 32.0 Å². The molecule has 0 fully saturated rings. The molecule has 0 bridgehead atoms. The minimum Gasteiger partial charge on any atom is -0.293 e. The highest BCUT2D eigenvalue weighted by atomic mass is 32.2. The molecular weight excluding hydrogens is 252 g/mol. The summed E-state index contributed by atoms with van der Waals surface area (Å²) in [5, 5.41) is 0. The van der Waals surface area contributed by atoms with Gasteiger partial charge in [-0.25, -0.2) is 0 Å². The fourth-order valence-corrected chi connectivity index (χ4v) is 2.98. The fraction of sp³-hybridized carbons (Fsp3) is 0.235. The maximum absolute atomic E-state index is 12.2. The number of carbonyl (C=O) groups excluding carboxylic acids is 1. The van der Waals surface area contributed by atoms with Gasteiger partial charge >= 0.3 is 0 Å². The average Bonchev–Trinajstić information content (AvgIpc) is 2.40. The maximum Gasteiger partial charge on any atom is 0.173 e. The molecule has 0 radical (unpaired) electrons. The van der Waals surface area contributed by atoms with Gasteiger partial charge in [0.15, 0.2) is 5.78 Å². The van der Waals surface area contributed by atoms with Gasteiger partial charge in [0.05, 0.1) is 5.75 Å². The van der Waals surface area contributed by atoms with Gasteiger partial charge in [-0.2, -0.15) is 0 Å². The summed E-state index contributed by atoms with van der Waals surface area (Å²) in [6.07, 6.45) is 0. The highest BCUT2D eigenvalue weighted by Gasteiger charge is 2.09. The molecule has 0 amide bonds. The van der Waals surface area contributed by atoms with Crippen molar-refractivity contribution in [2.75, 3.05) is 5.75 Å². The minimum absolute atomic E-state index is 0.198. The third-order valence-corrected chi connectivity index (χ3v) is 4.31. The molecule has 2 heteroatoms. The van der Waals surface area contributed by atoms with Crippen molar-refractivity contribution in [3.05, 3.63) is 64.7 Å². The smallest absolute Gasteiger partial charge is 0.173 e. The molecule has 0 atom stereocenters. The van der Waals surface area contributed by atoms with Crippen molar-refractivity contribution in [2.24, 2.45) is 0 Å². The lowest BCUT2D eigenvalue weighted by Gasteiger charge is -2.07. The molecule has 19 heavy (non-hydrogen) atoms. The Labute approximate surface area is 119 Å². The first-order chi connectivity index (χ1) is 9.08. The van der Waals surface area contributed by atoms with Crippen LogP contribution in [0, 0.1) is 20.8 Å². The van der Waals surface area contributed by atoms with Crippen molar-refractivity contribution >= 4 is 17.5 Å². The van der Waals surface area contributed by atoms with Gasteiger partial charge < -0.3 is 0 Å². The SMILES string of the molecule is Cc1ccc(C)c(SCC(=O)c2ccccc2C)c1. The normalized spacial score (nSPS) is 10.5. The Kier molecular flexibility index (Phi) is 4.43. The van der Waals surface area contributed by atoms with Gasteiger partial charge in [-0.3, -0.25) is 4.79 Å². The Bertz CT molecular complexity index is 602. The van der Waals surface area contributed by atoms with Crippen LogP contribution in [0.2, 0.25) is 0 Å². The number of benzene rings is 2. The third kappa shape index (κ3) is 3.48. The van der Waals surface area contributed by atoms with Crippen LogP contribution in [0.1, 0.15) is 27.0 Å². The molecule has 0 aliphatic carbocycles. The van der Waals surface area contributed by atoms with Gasteiger partial charge in [0.1, 0.15) is 0 Å². The summed E-state index contributed by atoms with van der Waals surface area (Å²) in [6.45, 7) is 6.14. The van der Waals surface area contributed by atoms with Crippen molar-refractivity contribution in [1.82, 2.24) is 0 Å². The first kappa shape index (κ1) is 13.9. The van der Waals surface area contributed by atoms with Crippen LogP contribution in [-0.2, 0) is 0 Å². The molecule has 0 saturated heterocycles. The molecule has 0 spiro atoms. The first-order valence-electron chi connectivity index (χ1n) is 6.37. The highest BCUT2D eigenvalue weighted by Crippen LogP contribution is 2.24. The van der Waals surface area contributed by atoms with Crippen molar-refractivity contribution in [2.45, 2.75) is 25.7 Å². The summed E-state index contributed by atoms with van der Waals surface area (Å²) in [6, 6.07) is 14.1. The number of thioether (sulfide) groups is 1. The zero-order chi connectivity index (χ0) is 13.8. The molecule has 0 heterocycles. The number of hydrogen-bond acceptors (Lipinski definition) is 2. The minimum atomic E-state index is 0.198. The van der Waals surface area contributed by atoms with E-state index in [4.69, 9.17) is 0 Å². The number of hydrogen-bond donors (Lipinski definition) is 0. The third-order valence-electron chi connectivity index (χ3n) is 3.15. The molecule has 0 unspecified atom stereocenters. The van der Waals surface area contributed by atoms with E-state index in [1.165, 1.54) is 16.0 Å². The second kappa shape index (κ2) is 6.07. The highest BCUT2D eigenvalue weighted by molar-refractivity contribution is 8.00. The van der Waals surface area contributed by atoms with E-state index in [1.807, 2.05) is 31.2 Å². The molecule has 98 valence electrons. The lowest BCUT2D eigenvalue weighted by molar-refractivity contribution is 0.102. The molecular formula is C17H18OS. The van der Waals surface area contributed by atoms with Crippen LogP contribution in [0.5, 0.6) is 0 Å². The van der Waals surface area contributed by atoms with Crippen molar-refractivity contribution < 1.29 is 4.79 Å². The Morgan fingerprint density at radius 2 is 1.74 bits per heavy atom. The summed E-state index contributed by atoms with van der Waals surface area (Å²) in [4.78, 5) is 13.4. The maximum atomic E-state index is 12.2. The van der Waals surface area contributed by atoms with Gasteiger partial charge in [-0.1, -0.05) is 42.0 Å². The van der Waals surface area contributed by atoms with Crippen molar-refractivity contribution in [1.29, 1.82) is 0 Å². The van der Waals surface area contributed by atoms with E-state index < -0.39 is 0 Å². The standard InChI is InChI=1S/C17H18OS/c1-12-8-9-14(3)17(10-12)19-11-16(18)15-7-5-4-6-13(15)2/h4-10H,11H2,1-3H3. The van der Waals surface area contributed by atoms with Gasteiger partial charge in [0.2, 0.25) is 0 Å². The van der Waals surface area contributed by atoms with E-state index in [-0.39, 0.29) is 5.78 Å². The summed E-state index contributed by atoms with van der Waals surface area (Å²) < 4.78 is 0. The Hall–Kier alpha value is -1.54. The van der Waals surface area contributed by atoms with Gasteiger partial charge in [-0.05, 0) is 38.0 Å². The monoisotopic (exact) mass is 270 g/mol. The van der Waals surface area contributed by atoms with E-state index in [9.17, 15) is 4.79 Å². The predicted molar refractivity (Wildman–Crippen MR) is 82.1 cm³/mol. The first-order valence-corrected chi connectivity index (χ1v) is 7.35. The molecule has 0 N–H and O–H groups in total. The molecule has 0 aromatic heterocycles. The van der Waals surface area contributed by atoms with E-state index in [1.54, 1.807) is 11.8 Å². The van der Waals surface area contributed by atoms with Crippen LogP contribution >= 0.6 is 11.8 Å². The number of aryl methyl sites for hydroxylation is 3. The van der Waals surface area contributed by atoms with Crippen LogP contribution in [0.15, 0.2) is 47.4 Å². The van der Waals surface area contributed by atoms with Crippen LogP contribution in [0.4, 0.5) is 0 Å². The van der Waals surface area contributed by atoms with Crippen LogP contribution in [0.25, 0.3) is 0 Å². The summed E-state index contributed by atoms with van der Waals surface area (Å²) in [5.41, 5.74) is 4.35. The molecule has 0 aliphatic heterocycles. The molecule has 0 saturated carbocycles. The Balaban J connectivity index is 2.09. The summed E-state index contributed by atoms with van der Waals surface area (Å²) >= 11 is 1.62. The Morgan fingerprint density at radius 3 is 2.47 bits per heavy atom. The summed E-state index contributed by atoms with van der Waals surface area (Å²) in [5.74, 6) is 0.693. The molecule has 0 aliphatic rings. The fourth-order valence-electron chi connectivity index (χ4n) is 1.97. The van der Waals surface area contributed by atoms with Crippen LogP contribution in [-0.4, -0.2) is 11.5 Å². The quantitative estimate of drug-likeness (QED) is 0.597. The molecule has 1 nitrogen and oxygen atoms in total. The van der Waals surface area contributed by atoms with Crippen LogP contribution < -0.4 is 0 Å². The number of rotatable bonds is 4. The average molecular weight is 270 g/mol. The number of ketones is 1. The topological polar surface area (TPSA) is 17.1 Å². The molecule has 2 aromatic rings. The Morgan fingerprint density at radius 1 is 1.00 bits per heavy atom. The second-order valence-electron chi connectivity index (χ2n) is 4.80. The molecule has 2 rings (SSSR count). The lowest BCUT2D eigenvalue weighted by Crippen LogP contribution is -2.04. The summed E-state index contributed by atoms with van der Waals surface area (Å²) in [7, 11) is 0. The van der Waals surface area contributed by atoms with E-state index in [0.717, 1.165) is 11.1 Å². The van der Waals surface area contributed by atoms with E-state index >= 15 is 0 Å². The van der Waals surface area contributed by atoms with Crippen LogP contribution in [0.3, 0.4) is 0 Å². The number of carbonyl (C=O) groups is 1. The predicted octanol–water partition coefficient (Wildman–Crippen LogP) is 4.59. The van der Waals surface area contributed by atoms with E-state index in [0.29, 0.717) is 5.75 Å².